The molecule has 1 aliphatic heterocycles. The summed E-state index contributed by atoms with van der Waals surface area (Å²) < 4.78 is 10.9. The Kier molecular flexibility index (Phi) is 1.86. The lowest BCUT2D eigenvalue weighted by Crippen LogP contribution is -2.41. The van der Waals surface area contributed by atoms with E-state index in [4.69, 9.17) is 9.47 Å². The van der Waals surface area contributed by atoms with E-state index in [0.29, 0.717) is 17.9 Å². The minimum absolute atomic E-state index is 0.0239. The van der Waals surface area contributed by atoms with Gasteiger partial charge in [0.1, 0.15) is 0 Å². The molecule has 4 unspecified atom stereocenters. The van der Waals surface area contributed by atoms with Crippen molar-refractivity contribution in [3.05, 3.63) is 12.2 Å². The Hall–Kier alpha value is -1.32. The summed E-state index contributed by atoms with van der Waals surface area (Å²) >= 11 is 0. The maximum Gasteiger partial charge on any atom is 0.336 e. The quantitative estimate of drug-likeness (QED) is 0.542. The van der Waals surface area contributed by atoms with E-state index < -0.39 is 17.2 Å². The molecule has 4 heteroatoms. The molecule has 0 radical (unpaired) electrons. The molecular weight excluding hydrogens is 220 g/mol. The van der Waals surface area contributed by atoms with Crippen molar-refractivity contribution in [3.63, 3.8) is 0 Å². The van der Waals surface area contributed by atoms with Gasteiger partial charge in [-0.3, -0.25) is 4.79 Å². The molecule has 0 aromatic heterocycles. The maximum absolute atomic E-state index is 11.9. The minimum atomic E-state index is -0.995. The zero-order chi connectivity index (χ0) is 12.4. The van der Waals surface area contributed by atoms with Crippen LogP contribution in [-0.4, -0.2) is 17.7 Å². The van der Waals surface area contributed by atoms with Gasteiger partial charge in [0.25, 0.3) is 5.79 Å². The molecule has 2 aliphatic carbocycles. The predicted octanol–water partition coefficient (Wildman–Crippen LogP) is 1.79. The van der Waals surface area contributed by atoms with Gasteiger partial charge < -0.3 is 9.47 Å². The van der Waals surface area contributed by atoms with Gasteiger partial charge in [0.2, 0.25) is 0 Å². The second kappa shape index (κ2) is 2.92. The molecule has 1 heterocycles. The van der Waals surface area contributed by atoms with Crippen LogP contribution < -0.4 is 0 Å². The average molecular weight is 236 g/mol. The van der Waals surface area contributed by atoms with Gasteiger partial charge in [-0.2, -0.15) is 0 Å². The number of hydrogen-bond acceptors (Lipinski definition) is 4. The molecule has 3 rings (SSSR count). The number of fused-ring (bicyclic) bond motifs is 1. The molecule has 3 fully saturated rings. The summed E-state index contributed by atoms with van der Waals surface area (Å²) in [4.78, 5) is 23.6. The van der Waals surface area contributed by atoms with Gasteiger partial charge in [-0.15, -0.1) is 0 Å². The van der Waals surface area contributed by atoms with Crippen molar-refractivity contribution in [2.45, 2.75) is 38.9 Å². The Morgan fingerprint density at radius 3 is 2.82 bits per heavy atom. The van der Waals surface area contributed by atoms with Crippen molar-refractivity contribution in [2.24, 2.45) is 17.3 Å². The molecule has 0 amide bonds. The first-order chi connectivity index (χ1) is 7.87. The summed E-state index contributed by atoms with van der Waals surface area (Å²) in [5.74, 6) is -1.21. The minimum Gasteiger partial charge on any atom is -0.422 e. The van der Waals surface area contributed by atoms with Crippen molar-refractivity contribution in [1.29, 1.82) is 0 Å². The van der Waals surface area contributed by atoms with Gasteiger partial charge in [-0.05, 0) is 32.6 Å². The lowest BCUT2D eigenvalue weighted by Gasteiger charge is -2.32. The smallest absolute Gasteiger partial charge is 0.336 e. The van der Waals surface area contributed by atoms with Crippen LogP contribution in [-0.2, 0) is 19.1 Å². The van der Waals surface area contributed by atoms with Crippen molar-refractivity contribution >= 4 is 11.9 Å². The van der Waals surface area contributed by atoms with Crippen LogP contribution in [0.3, 0.4) is 0 Å². The van der Waals surface area contributed by atoms with Crippen LogP contribution in [0.1, 0.15) is 33.1 Å². The highest BCUT2D eigenvalue weighted by molar-refractivity contribution is 5.88. The monoisotopic (exact) mass is 236 g/mol. The second-order valence-corrected chi connectivity index (χ2v) is 5.85. The van der Waals surface area contributed by atoms with Crippen LogP contribution in [0.2, 0.25) is 0 Å². The predicted molar refractivity (Wildman–Crippen MR) is 58.7 cm³/mol. The van der Waals surface area contributed by atoms with Gasteiger partial charge in [0.15, 0.2) is 0 Å². The molecule has 17 heavy (non-hydrogen) atoms. The SMILES string of the molecule is C=C(C)C(=O)OC12CC3CC1C(C)(C3)C(=O)O2. The van der Waals surface area contributed by atoms with Crippen molar-refractivity contribution in [3.8, 4) is 0 Å². The first kappa shape index (κ1) is 10.8. The second-order valence-electron chi connectivity index (χ2n) is 5.85. The largest absolute Gasteiger partial charge is 0.422 e. The number of rotatable bonds is 2. The number of esters is 2. The Labute approximate surface area is 100.0 Å². The van der Waals surface area contributed by atoms with Crippen molar-refractivity contribution < 1.29 is 19.1 Å². The van der Waals surface area contributed by atoms with Crippen LogP contribution in [0.15, 0.2) is 12.2 Å². The summed E-state index contributed by atoms with van der Waals surface area (Å²) in [5.41, 5.74) is -0.107. The first-order valence-corrected chi connectivity index (χ1v) is 6.00. The molecule has 0 aromatic rings. The normalized spacial score (nSPS) is 45.9. The first-order valence-electron chi connectivity index (χ1n) is 6.00. The summed E-state index contributed by atoms with van der Waals surface area (Å²) in [5, 5.41) is 0. The van der Waals surface area contributed by atoms with Crippen LogP contribution in [0.4, 0.5) is 0 Å². The molecule has 4 atom stereocenters. The molecule has 0 aromatic carbocycles. The standard InChI is InChI=1S/C13H16O4/c1-7(2)10(14)16-13-6-8-4-9(13)12(3,5-8)11(15)17-13/h8-9H,1,4-6H2,2-3H3. The zero-order valence-electron chi connectivity index (χ0n) is 10.1. The molecule has 4 nitrogen and oxygen atoms in total. The third kappa shape index (κ3) is 1.18. The lowest BCUT2D eigenvalue weighted by atomic mass is 9.74. The highest BCUT2D eigenvalue weighted by atomic mass is 16.7. The number of ether oxygens (including phenoxy) is 2. The molecule has 2 saturated carbocycles. The van der Waals surface area contributed by atoms with Gasteiger partial charge in [-0.25, -0.2) is 4.79 Å². The molecule has 0 spiro atoms. The zero-order valence-corrected chi connectivity index (χ0v) is 10.1. The van der Waals surface area contributed by atoms with E-state index in [2.05, 4.69) is 6.58 Å². The van der Waals surface area contributed by atoms with Crippen molar-refractivity contribution in [2.75, 3.05) is 0 Å². The van der Waals surface area contributed by atoms with E-state index in [0.717, 1.165) is 12.8 Å². The van der Waals surface area contributed by atoms with Crippen molar-refractivity contribution in [1.82, 2.24) is 0 Å². The van der Waals surface area contributed by atoms with E-state index in [1.807, 2.05) is 6.92 Å². The van der Waals surface area contributed by atoms with Gasteiger partial charge >= 0.3 is 11.9 Å². The van der Waals surface area contributed by atoms with Crippen LogP contribution in [0.5, 0.6) is 0 Å². The summed E-state index contributed by atoms with van der Waals surface area (Å²) in [6, 6.07) is 0. The highest BCUT2D eigenvalue weighted by Gasteiger charge is 2.73. The van der Waals surface area contributed by atoms with Gasteiger partial charge in [0, 0.05) is 12.0 Å². The third-order valence-corrected chi connectivity index (χ3v) is 4.50. The number of hydrogen-bond donors (Lipinski definition) is 0. The Bertz CT molecular complexity index is 441. The fourth-order valence-corrected chi connectivity index (χ4v) is 3.77. The topological polar surface area (TPSA) is 52.6 Å². The number of carbonyl (C=O) groups is 2. The summed E-state index contributed by atoms with van der Waals surface area (Å²) in [6.07, 6.45) is 2.44. The van der Waals surface area contributed by atoms with E-state index >= 15 is 0 Å². The van der Waals surface area contributed by atoms with E-state index in [-0.39, 0.29) is 11.9 Å². The van der Waals surface area contributed by atoms with Crippen LogP contribution >= 0.6 is 0 Å². The van der Waals surface area contributed by atoms with Crippen LogP contribution in [0.25, 0.3) is 0 Å². The highest BCUT2D eigenvalue weighted by Crippen LogP contribution is 2.66. The molecule has 2 bridgehead atoms. The molecule has 3 aliphatic rings. The Balaban J connectivity index is 1.93. The fourth-order valence-electron chi connectivity index (χ4n) is 3.77. The molecule has 1 saturated heterocycles. The molecule has 0 N–H and O–H groups in total. The Morgan fingerprint density at radius 2 is 2.24 bits per heavy atom. The lowest BCUT2D eigenvalue weighted by molar-refractivity contribution is -0.219. The molecule has 92 valence electrons. The number of carbonyl (C=O) groups excluding carboxylic acids is 2. The van der Waals surface area contributed by atoms with E-state index in [9.17, 15) is 9.59 Å². The fraction of sp³-hybridized carbons (Fsp3) is 0.692. The third-order valence-electron chi connectivity index (χ3n) is 4.50. The average Bonchev–Trinajstić information content (AvgIpc) is 2.74. The van der Waals surface area contributed by atoms with Gasteiger partial charge in [0.05, 0.1) is 11.3 Å². The van der Waals surface area contributed by atoms with E-state index in [1.54, 1.807) is 6.92 Å². The van der Waals surface area contributed by atoms with E-state index in [1.165, 1.54) is 0 Å². The maximum atomic E-state index is 11.9. The summed E-state index contributed by atoms with van der Waals surface area (Å²) in [6.45, 7) is 7.08. The van der Waals surface area contributed by atoms with Crippen LogP contribution in [0, 0.1) is 17.3 Å². The summed E-state index contributed by atoms with van der Waals surface area (Å²) in [7, 11) is 0. The Morgan fingerprint density at radius 1 is 1.53 bits per heavy atom. The van der Waals surface area contributed by atoms with Gasteiger partial charge in [-0.1, -0.05) is 6.58 Å². The molecular formula is C13H16O4.